The van der Waals surface area contributed by atoms with Crippen molar-refractivity contribution in [2.45, 2.75) is 58.2 Å². The molecule has 32 heavy (non-hydrogen) atoms. The van der Waals surface area contributed by atoms with Crippen LogP contribution in [0.4, 0.5) is 0 Å². The largest absolute Gasteiger partial charge is 0.497 e. The number of benzene rings is 1. The van der Waals surface area contributed by atoms with E-state index in [-0.39, 0.29) is 18.5 Å². The number of rotatable bonds is 14. The van der Waals surface area contributed by atoms with Gasteiger partial charge in [0.25, 0.3) is 6.64 Å². The van der Waals surface area contributed by atoms with Crippen LogP contribution >= 0.6 is 6.64 Å². The van der Waals surface area contributed by atoms with Crippen molar-refractivity contribution in [2.75, 3.05) is 47.2 Å². The van der Waals surface area contributed by atoms with Crippen LogP contribution in [-0.4, -0.2) is 65.0 Å². The lowest BCUT2D eigenvalue weighted by Gasteiger charge is -2.32. The van der Waals surface area contributed by atoms with Gasteiger partial charge in [-0.15, -0.1) is 0 Å². The Hall–Kier alpha value is -0.610. The van der Waals surface area contributed by atoms with Crippen LogP contribution in [0.25, 0.3) is 0 Å². The van der Waals surface area contributed by atoms with E-state index >= 15 is 0 Å². The van der Waals surface area contributed by atoms with Crippen LogP contribution < -0.4 is 9.82 Å². The summed E-state index contributed by atoms with van der Waals surface area (Å²) in [5.74, 6) is 0.798. The molecule has 1 aliphatic rings. The highest BCUT2D eigenvalue weighted by atomic mass is 32.5. The summed E-state index contributed by atoms with van der Waals surface area (Å²) in [4.78, 5) is 0. The first-order valence-corrected chi connectivity index (χ1v) is 13.5. The van der Waals surface area contributed by atoms with Crippen LogP contribution in [0.3, 0.4) is 0 Å². The molecule has 1 fully saturated rings. The molecule has 0 saturated carbocycles. The normalized spacial score (nSPS) is 21.9. The third-order valence-corrected chi connectivity index (χ3v) is 7.34. The number of ether oxygens (including phenoxy) is 5. The summed E-state index contributed by atoms with van der Waals surface area (Å²) >= 11 is 5.73. The van der Waals surface area contributed by atoms with Crippen molar-refractivity contribution in [2.24, 2.45) is 0 Å². The lowest BCUT2D eigenvalue weighted by atomic mass is 10.2. The van der Waals surface area contributed by atoms with Gasteiger partial charge in [-0.3, -0.25) is 0 Å². The molecular weight excluding hydrogens is 453 g/mol. The van der Waals surface area contributed by atoms with Crippen LogP contribution in [0, 0.1) is 0 Å². The third kappa shape index (κ3) is 10.1. The molecule has 184 valence electrons. The van der Waals surface area contributed by atoms with Crippen LogP contribution in [0.2, 0.25) is 0 Å². The van der Waals surface area contributed by atoms with Crippen molar-refractivity contribution in [3.05, 3.63) is 29.8 Å². The maximum Gasteiger partial charge on any atom is 0.262 e. The minimum absolute atomic E-state index is 0.0736. The lowest BCUT2D eigenvalue weighted by molar-refractivity contribution is -0.0734. The first-order valence-electron chi connectivity index (χ1n) is 10.9. The summed E-state index contributed by atoms with van der Waals surface area (Å²) in [5, 5.41) is 3.26. The predicted molar refractivity (Wildman–Crippen MR) is 128 cm³/mol. The summed E-state index contributed by atoms with van der Waals surface area (Å²) < 4.78 is 39.9. The molecule has 1 aliphatic heterocycles. The molecule has 0 spiro atoms. The van der Waals surface area contributed by atoms with Crippen molar-refractivity contribution in [1.82, 2.24) is 5.09 Å². The zero-order valence-electron chi connectivity index (χ0n) is 20.0. The SMILES string of the molecule is COCCC(C)OP(=S)(NCCOCC1COC(c2ccc(OC)cc2)O1)OC(C)(C)C. The average Bonchev–Trinajstić information content (AvgIpc) is 3.19. The molecule has 1 aromatic carbocycles. The van der Waals surface area contributed by atoms with E-state index in [1.165, 1.54) is 0 Å². The zero-order chi connectivity index (χ0) is 23.6. The molecule has 2 rings (SSSR count). The molecule has 8 nitrogen and oxygen atoms in total. The summed E-state index contributed by atoms with van der Waals surface area (Å²) in [6.45, 7) is 7.68. The van der Waals surface area contributed by atoms with E-state index in [0.29, 0.717) is 33.0 Å². The van der Waals surface area contributed by atoms with E-state index < -0.39 is 12.2 Å². The zero-order valence-corrected chi connectivity index (χ0v) is 21.7. The molecule has 1 N–H and O–H groups in total. The van der Waals surface area contributed by atoms with Crippen molar-refractivity contribution in [1.29, 1.82) is 0 Å². The Labute approximate surface area is 197 Å². The second kappa shape index (κ2) is 13.3. The monoisotopic (exact) mass is 491 g/mol. The fourth-order valence-corrected chi connectivity index (χ4v) is 6.20. The highest BCUT2D eigenvalue weighted by Gasteiger charge is 2.29. The van der Waals surface area contributed by atoms with Crippen LogP contribution in [0.5, 0.6) is 5.75 Å². The quantitative estimate of drug-likeness (QED) is 0.304. The van der Waals surface area contributed by atoms with Crippen LogP contribution in [0.1, 0.15) is 46.0 Å². The summed E-state index contributed by atoms with van der Waals surface area (Å²) in [6, 6.07) is 7.65. The molecule has 0 bridgehead atoms. The van der Waals surface area contributed by atoms with Crippen molar-refractivity contribution in [3.8, 4) is 5.75 Å². The minimum atomic E-state index is -2.68. The summed E-state index contributed by atoms with van der Waals surface area (Å²) in [5.41, 5.74) is 0.533. The van der Waals surface area contributed by atoms with Gasteiger partial charge in [0.2, 0.25) is 0 Å². The number of methoxy groups -OCH3 is 2. The average molecular weight is 492 g/mol. The van der Waals surface area contributed by atoms with Gasteiger partial charge in [0, 0.05) is 25.8 Å². The molecule has 4 unspecified atom stereocenters. The van der Waals surface area contributed by atoms with Crippen LogP contribution in [-0.2, 0) is 39.8 Å². The molecule has 4 atom stereocenters. The molecule has 10 heteroatoms. The van der Waals surface area contributed by atoms with Crippen molar-refractivity contribution >= 4 is 18.4 Å². The van der Waals surface area contributed by atoms with Crippen molar-refractivity contribution in [3.63, 3.8) is 0 Å². The van der Waals surface area contributed by atoms with Gasteiger partial charge in [0.05, 0.1) is 38.6 Å². The number of hydrogen-bond donors (Lipinski definition) is 1. The maximum absolute atomic E-state index is 6.08. The van der Waals surface area contributed by atoms with E-state index in [1.807, 2.05) is 52.0 Å². The van der Waals surface area contributed by atoms with Gasteiger partial charge in [-0.1, -0.05) is 12.1 Å². The molecule has 1 aromatic rings. The maximum atomic E-state index is 6.08. The minimum Gasteiger partial charge on any atom is -0.497 e. The second-order valence-electron chi connectivity index (χ2n) is 8.58. The Kier molecular flexibility index (Phi) is 11.5. The van der Waals surface area contributed by atoms with E-state index in [1.54, 1.807) is 14.2 Å². The molecule has 0 amide bonds. The fourth-order valence-electron chi connectivity index (χ4n) is 2.97. The second-order valence-corrected chi connectivity index (χ2v) is 11.7. The first kappa shape index (κ1) is 27.6. The molecule has 0 aromatic heterocycles. The molecule has 1 saturated heterocycles. The third-order valence-electron chi connectivity index (χ3n) is 4.43. The number of nitrogens with one attached hydrogen (secondary N) is 1. The molecule has 0 radical (unpaired) electrons. The predicted octanol–water partition coefficient (Wildman–Crippen LogP) is 4.20. The molecular formula is C22H38NO7PS. The fraction of sp³-hybridized carbons (Fsp3) is 0.727. The standard InChI is InChI=1S/C22H38NO7PS/c1-17(11-13-24-5)29-31(32,30-22(2,3)4)23-12-14-26-15-20-16-27-21(28-20)18-7-9-19(25-6)10-8-18/h7-10,17,20-21H,11-16H2,1-6H3,(H,23,32). The molecule has 1 heterocycles. The van der Waals surface area contributed by atoms with E-state index in [2.05, 4.69) is 5.09 Å². The van der Waals surface area contributed by atoms with Gasteiger partial charge in [-0.25, -0.2) is 5.09 Å². The summed E-state index contributed by atoms with van der Waals surface area (Å²) in [7, 11) is 3.31. The van der Waals surface area contributed by atoms with Crippen molar-refractivity contribution < 1.29 is 32.7 Å². The Morgan fingerprint density at radius 1 is 1.19 bits per heavy atom. The topological polar surface area (TPSA) is 76.6 Å². The van der Waals surface area contributed by atoms with E-state index in [4.69, 9.17) is 44.5 Å². The van der Waals surface area contributed by atoms with E-state index in [0.717, 1.165) is 17.7 Å². The van der Waals surface area contributed by atoms with Crippen LogP contribution in [0.15, 0.2) is 24.3 Å². The Morgan fingerprint density at radius 3 is 2.53 bits per heavy atom. The van der Waals surface area contributed by atoms with Gasteiger partial charge < -0.3 is 32.7 Å². The summed E-state index contributed by atoms with van der Waals surface area (Å²) in [6.07, 6.45) is 0.160. The number of hydrogen-bond acceptors (Lipinski definition) is 8. The Bertz CT molecular complexity index is 713. The first-order chi connectivity index (χ1) is 15.1. The van der Waals surface area contributed by atoms with Gasteiger partial charge >= 0.3 is 0 Å². The van der Waals surface area contributed by atoms with Gasteiger partial charge in [0.15, 0.2) is 6.29 Å². The highest BCUT2D eigenvalue weighted by molar-refractivity contribution is 8.09. The lowest BCUT2D eigenvalue weighted by Crippen LogP contribution is -2.29. The van der Waals surface area contributed by atoms with Gasteiger partial charge in [-0.2, -0.15) is 0 Å². The van der Waals surface area contributed by atoms with E-state index in [9.17, 15) is 0 Å². The smallest absolute Gasteiger partial charge is 0.262 e. The van der Waals surface area contributed by atoms with Gasteiger partial charge in [0.1, 0.15) is 11.9 Å². The molecule has 0 aliphatic carbocycles. The van der Waals surface area contributed by atoms with Gasteiger partial charge in [-0.05, 0) is 58.1 Å². The Morgan fingerprint density at radius 2 is 1.91 bits per heavy atom. The Balaban J connectivity index is 1.73. The highest BCUT2D eigenvalue weighted by Crippen LogP contribution is 2.49.